The minimum atomic E-state index is -3.58. The fraction of sp³-hybridized carbons (Fsp3) is 0.333. The number of halogens is 1. The second-order valence-corrected chi connectivity index (χ2v) is 8.85. The molecule has 154 valence electrons. The number of hydrogen-bond donors (Lipinski definition) is 0. The molecule has 6 nitrogen and oxygen atoms in total. The van der Waals surface area contributed by atoms with Crippen molar-refractivity contribution >= 4 is 21.8 Å². The lowest BCUT2D eigenvalue weighted by Crippen LogP contribution is -2.35. The summed E-state index contributed by atoms with van der Waals surface area (Å²) >= 11 is 0. The van der Waals surface area contributed by atoms with Gasteiger partial charge in [-0.15, -0.1) is 0 Å². The van der Waals surface area contributed by atoms with Gasteiger partial charge in [-0.05, 0) is 68.3 Å². The van der Waals surface area contributed by atoms with Gasteiger partial charge in [0.2, 0.25) is 15.8 Å². The molecule has 2 aromatic rings. The third-order valence-corrected chi connectivity index (χ3v) is 6.74. The molecule has 1 aliphatic heterocycles. The lowest BCUT2D eigenvalue weighted by atomic mass is 10.1. The van der Waals surface area contributed by atoms with E-state index in [1.54, 1.807) is 0 Å². The number of ketones is 1. The van der Waals surface area contributed by atoms with Crippen molar-refractivity contribution in [2.75, 3.05) is 13.1 Å². The Hall–Kier alpha value is -2.58. The molecule has 0 aromatic heterocycles. The highest BCUT2D eigenvalue weighted by Crippen LogP contribution is 2.21. The van der Waals surface area contributed by atoms with Crippen molar-refractivity contribution in [3.05, 3.63) is 65.5 Å². The molecule has 0 N–H and O–H groups in total. The van der Waals surface area contributed by atoms with Crippen LogP contribution in [0.5, 0.6) is 0 Å². The maximum atomic E-state index is 13.0. The number of Topliss-reactive ketones (excluding diaryl/α,β-unsaturated/α-hetero) is 1. The van der Waals surface area contributed by atoms with Crippen LogP contribution >= 0.6 is 0 Å². The molecular weight excluding hydrogens is 397 g/mol. The van der Waals surface area contributed by atoms with Crippen LogP contribution in [-0.2, 0) is 14.8 Å². The van der Waals surface area contributed by atoms with Gasteiger partial charge in [-0.3, -0.25) is 4.79 Å². The largest absolute Gasteiger partial charge is 0.451 e. The predicted octanol–water partition coefficient (Wildman–Crippen LogP) is 3.43. The van der Waals surface area contributed by atoms with Crippen LogP contribution in [-0.4, -0.2) is 43.7 Å². The lowest BCUT2D eigenvalue weighted by Gasteiger charge is -2.25. The summed E-state index contributed by atoms with van der Waals surface area (Å²) in [5, 5.41) is 0. The van der Waals surface area contributed by atoms with E-state index in [0.717, 1.165) is 31.4 Å². The molecule has 3 rings (SSSR count). The van der Waals surface area contributed by atoms with Gasteiger partial charge >= 0.3 is 5.97 Å². The Morgan fingerprint density at radius 3 is 2.07 bits per heavy atom. The molecule has 29 heavy (non-hydrogen) atoms. The number of piperidine rings is 1. The molecule has 1 fully saturated rings. The summed E-state index contributed by atoms with van der Waals surface area (Å²) in [6.07, 6.45) is 1.63. The summed E-state index contributed by atoms with van der Waals surface area (Å²) in [7, 11) is -3.58. The summed E-state index contributed by atoms with van der Waals surface area (Å²) in [6.45, 7) is 2.42. The van der Waals surface area contributed by atoms with Crippen LogP contribution in [0.2, 0.25) is 0 Å². The van der Waals surface area contributed by atoms with Crippen molar-refractivity contribution in [2.24, 2.45) is 0 Å². The van der Waals surface area contributed by atoms with Crippen molar-refractivity contribution in [1.29, 1.82) is 0 Å². The second-order valence-electron chi connectivity index (χ2n) is 6.91. The van der Waals surface area contributed by atoms with Crippen molar-refractivity contribution in [3.63, 3.8) is 0 Å². The zero-order valence-corrected chi connectivity index (χ0v) is 16.8. The van der Waals surface area contributed by atoms with Crippen LogP contribution < -0.4 is 0 Å². The summed E-state index contributed by atoms with van der Waals surface area (Å²) in [4.78, 5) is 24.7. The molecule has 0 radical (unpaired) electrons. The van der Waals surface area contributed by atoms with E-state index in [2.05, 4.69) is 0 Å². The topological polar surface area (TPSA) is 80.8 Å². The average molecular weight is 419 g/mol. The average Bonchev–Trinajstić information content (AvgIpc) is 2.74. The third-order valence-electron chi connectivity index (χ3n) is 4.82. The van der Waals surface area contributed by atoms with Crippen molar-refractivity contribution in [2.45, 2.75) is 37.2 Å². The van der Waals surface area contributed by atoms with Gasteiger partial charge in [0, 0.05) is 18.7 Å². The van der Waals surface area contributed by atoms with Gasteiger partial charge in [-0.1, -0.05) is 6.42 Å². The number of rotatable bonds is 6. The number of sulfonamides is 1. The standard InChI is InChI=1S/C21H22FNO5S/c1-15(20(24)16-5-9-18(22)10-6-16)28-21(25)17-7-11-19(12-8-17)29(26,27)23-13-3-2-4-14-23/h5-12,15H,2-4,13-14H2,1H3/t15-/m0/s1. The number of carbonyl (C=O) groups excluding carboxylic acids is 2. The predicted molar refractivity (Wildman–Crippen MR) is 105 cm³/mol. The van der Waals surface area contributed by atoms with Gasteiger partial charge in [-0.25, -0.2) is 17.6 Å². The Morgan fingerprint density at radius 2 is 1.48 bits per heavy atom. The van der Waals surface area contributed by atoms with E-state index in [1.165, 1.54) is 47.6 Å². The van der Waals surface area contributed by atoms with Crippen LogP contribution in [0.25, 0.3) is 0 Å². The maximum absolute atomic E-state index is 13.0. The van der Waals surface area contributed by atoms with E-state index < -0.39 is 33.7 Å². The molecule has 1 heterocycles. The molecule has 0 bridgehead atoms. The van der Waals surface area contributed by atoms with Crippen LogP contribution in [0, 0.1) is 5.82 Å². The van der Waals surface area contributed by atoms with E-state index in [1.807, 2.05) is 0 Å². The first kappa shape index (κ1) is 21.1. The minimum absolute atomic E-state index is 0.117. The van der Waals surface area contributed by atoms with Gasteiger partial charge < -0.3 is 4.74 Å². The first-order chi connectivity index (χ1) is 13.8. The Bertz CT molecular complexity index is 981. The van der Waals surface area contributed by atoms with Crippen molar-refractivity contribution in [1.82, 2.24) is 4.31 Å². The van der Waals surface area contributed by atoms with Crippen LogP contribution in [0.1, 0.15) is 46.9 Å². The number of ether oxygens (including phenoxy) is 1. The Morgan fingerprint density at radius 1 is 0.931 bits per heavy atom. The lowest BCUT2D eigenvalue weighted by molar-refractivity contribution is 0.0318. The third kappa shape index (κ3) is 4.89. The van der Waals surface area contributed by atoms with Crippen molar-refractivity contribution in [3.8, 4) is 0 Å². The molecule has 8 heteroatoms. The zero-order chi connectivity index (χ0) is 21.0. The monoisotopic (exact) mass is 419 g/mol. The van der Waals surface area contributed by atoms with E-state index in [0.29, 0.717) is 13.1 Å². The number of nitrogens with zero attached hydrogens (tertiary/aromatic N) is 1. The van der Waals surface area contributed by atoms with E-state index in [4.69, 9.17) is 4.74 Å². The molecule has 0 aliphatic carbocycles. The van der Waals surface area contributed by atoms with E-state index in [-0.39, 0.29) is 16.0 Å². The van der Waals surface area contributed by atoms with Gasteiger partial charge in [0.05, 0.1) is 10.5 Å². The SMILES string of the molecule is C[C@H](OC(=O)c1ccc(S(=O)(=O)N2CCCCC2)cc1)C(=O)c1ccc(F)cc1. The summed E-state index contributed by atoms with van der Waals surface area (Å²) < 4.78 is 44.9. The van der Waals surface area contributed by atoms with Gasteiger partial charge in [0.1, 0.15) is 5.82 Å². The fourth-order valence-electron chi connectivity index (χ4n) is 3.15. The molecule has 1 saturated heterocycles. The Balaban J connectivity index is 1.67. The highest BCUT2D eigenvalue weighted by atomic mass is 32.2. The minimum Gasteiger partial charge on any atom is -0.451 e. The van der Waals surface area contributed by atoms with Crippen LogP contribution in [0.3, 0.4) is 0 Å². The highest BCUT2D eigenvalue weighted by molar-refractivity contribution is 7.89. The zero-order valence-electron chi connectivity index (χ0n) is 16.0. The Labute approximate surface area is 169 Å². The van der Waals surface area contributed by atoms with Gasteiger partial charge in [0.25, 0.3) is 0 Å². The number of benzene rings is 2. The van der Waals surface area contributed by atoms with Crippen LogP contribution in [0.15, 0.2) is 53.4 Å². The smallest absolute Gasteiger partial charge is 0.338 e. The first-order valence-corrected chi connectivity index (χ1v) is 10.8. The molecular formula is C21H22FNO5S. The molecule has 0 amide bonds. The summed E-state index contributed by atoms with van der Waals surface area (Å²) in [6, 6.07) is 10.4. The summed E-state index contributed by atoms with van der Waals surface area (Å²) in [5.41, 5.74) is 0.371. The Kier molecular flexibility index (Phi) is 6.44. The van der Waals surface area contributed by atoms with E-state index >= 15 is 0 Å². The van der Waals surface area contributed by atoms with Crippen LogP contribution in [0.4, 0.5) is 4.39 Å². The van der Waals surface area contributed by atoms with E-state index in [9.17, 15) is 22.4 Å². The molecule has 0 spiro atoms. The second kappa shape index (κ2) is 8.84. The number of hydrogen-bond acceptors (Lipinski definition) is 5. The molecule has 2 aromatic carbocycles. The summed E-state index contributed by atoms with van der Waals surface area (Å²) in [5.74, 6) is -1.66. The molecule has 1 aliphatic rings. The quantitative estimate of drug-likeness (QED) is 0.529. The van der Waals surface area contributed by atoms with Gasteiger partial charge in [0.15, 0.2) is 6.10 Å². The molecule has 0 saturated carbocycles. The van der Waals surface area contributed by atoms with Crippen molar-refractivity contribution < 1.29 is 27.1 Å². The van der Waals surface area contributed by atoms with Gasteiger partial charge in [-0.2, -0.15) is 4.31 Å². The fourth-order valence-corrected chi connectivity index (χ4v) is 4.67. The number of carbonyl (C=O) groups is 2. The maximum Gasteiger partial charge on any atom is 0.338 e. The molecule has 0 unspecified atom stereocenters. The molecule has 1 atom stereocenters. The normalized spacial score (nSPS) is 16.2. The highest BCUT2D eigenvalue weighted by Gasteiger charge is 2.26. The first-order valence-electron chi connectivity index (χ1n) is 9.40. The number of esters is 1.